The van der Waals surface area contributed by atoms with Gasteiger partial charge < -0.3 is 0 Å². The van der Waals surface area contributed by atoms with Crippen molar-refractivity contribution in [3.8, 4) is 11.8 Å². The second-order valence-corrected chi connectivity index (χ2v) is 4.61. The van der Waals surface area contributed by atoms with Gasteiger partial charge in [0.2, 0.25) is 0 Å². The predicted octanol–water partition coefficient (Wildman–Crippen LogP) is 2.00. The Morgan fingerprint density at radius 1 is 1.18 bits per heavy atom. The quantitative estimate of drug-likeness (QED) is 0.403. The summed E-state index contributed by atoms with van der Waals surface area (Å²) in [6.45, 7) is 6.57. The molecular weight excluding hydrogens is 154 g/mol. The largest absolute Gasteiger partial charge is 0.249 e. The van der Waals surface area contributed by atoms with Crippen molar-refractivity contribution in [1.29, 1.82) is 0 Å². The summed E-state index contributed by atoms with van der Waals surface area (Å²) in [5, 5.41) is 0.451. The van der Waals surface area contributed by atoms with E-state index in [9.17, 15) is 0 Å². The average molecular weight is 169 g/mol. The minimum atomic E-state index is 0.451. The zero-order chi connectivity index (χ0) is 8.43. The monoisotopic (exact) mass is 169 g/mol. The maximum atomic E-state index is 3.26. The van der Waals surface area contributed by atoms with E-state index in [1.165, 1.54) is 0 Å². The van der Waals surface area contributed by atoms with Crippen LogP contribution in [0, 0.1) is 17.8 Å². The third kappa shape index (κ3) is 2.15. The Bertz CT molecular complexity index is 191. The van der Waals surface area contributed by atoms with Crippen molar-refractivity contribution in [3.63, 3.8) is 0 Å². The number of nitrogens with zero attached hydrogens (tertiary/aromatic N) is 1. The molecule has 1 aliphatic rings. The highest BCUT2D eigenvalue weighted by Gasteiger charge is 2.19. The molecule has 0 aromatic carbocycles. The highest BCUT2D eigenvalue weighted by molar-refractivity contribution is 7.97. The Morgan fingerprint density at radius 2 is 1.82 bits per heavy atom. The van der Waals surface area contributed by atoms with Gasteiger partial charge in [-0.15, -0.1) is 0 Å². The van der Waals surface area contributed by atoms with Crippen molar-refractivity contribution < 1.29 is 0 Å². The Morgan fingerprint density at radius 3 is 2.45 bits per heavy atom. The smallest absolute Gasteiger partial charge is 0.0775 e. The summed E-state index contributed by atoms with van der Waals surface area (Å²) in [7, 11) is 2.14. The normalized spacial score (nSPS) is 39.1. The highest BCUT2D eigenvalue weighted by atomic mass is 32.2. The van der Waals surface area contributed by atoms with E-state index >= 15 is 0 Å². The Hall–Kier alpha value is -0.130. The molecule has 3 unspecified atom stereocenters. The SMILES string of the molecule is CC1C#CC(C)C(C)N(C)S1. The van der Waals surface area contributed by atoms with Gasteiger partial charge in [-0.1, -0.05) is 23.8 Å². The number of hydrogen-bond acceptors (Lipinski definition) is 2. The maximum absolute atomic E-state index is 3.26. The average Bonchev–Trinajstić information content (AvgIpc) is 2.05. The van der Waals surface area contributed by atoms with E-state index in [1.807, 2.05) is 11.9 Å². The van der Waals surface area contributed by atoms with Gasteiger partial charge in [-0.25, -0.2) is 4.31 Å². The van der Waals surface area contributed by atoms with Crippen LogP contribution in [0.5, 0.6) is 0 Å². The lowest BCUT2D eigenvalue weighted by molar-refractivity contribution is 0.376. The Balaban J connectivity index is 2.70. The predicted molar refractivity (Wildman–Crippen MR) is 51.2 cm³/mol. The topological polar surface area (TPSA) is 3.24 Å². The van der Waals surface area contributed by atoms with Gasteiger partial charge in [0.1, 0.15) is 0 Å². The van der Waals surface area contributed by atoms with Gasteiger partial charge in [0.25, 0.3) is 0 Å². The van der Waals surface area contributed by atoms with Gasteiger partial charge in [0.15, 0.2) is 0 Å². The fourth-order valence-corrected chi connectivity index (χ4v) is 2.05. The molecule has 0 amide bonds. The van der Waals surface area contributed by atoms with Crippen LogP contribution in [-0.4, -0.2) is 22.6 Å². The minimum absolute atomic E-state index is 0.451. The third-order valence-electron chi connectivity index (χ3n) is 2.14. The number of rotatable bonds is 0. The van der Waals surface area contributed by atoms with Crippen LogP contribution in [0.1, 0.15) is 20.8 Å². The van der Waals surface area contributed by atoms with E-state index in [4.69, 9.17) is 0 Å². The third-order valence-corrected chi connectivity index (χ3v) is 3.23. The van der Waals surface area contributed by atoms with Gasteiger partial charge in [-0.05, 0) is 27.8 Å². The summed E-state index contributed by atoms with van der Waals surface area (Å²) in [6, 6.07) is 0.567. The van der Waals surface area contributed by atoms with Gasteiger partial charge in [0.05, 0.1) is 5.25 Å². The van der Waals surface area contributed by atoms with Crippen molar-refractivity contribution in [1.82, 2.24) is 4.31 Å². The van der Waals surface area contributed by atoms with E-state index < -0.39 is 0 Å². The van der Waals surface area contributed by atoms with Crippen molar-refractivity contribution in [2.45, 2.75) is 32.1 Å². The lowest BCUT2D eigenvalue weighted by Crippen LogP contribution is -2.28. The van der Waals surface area contributed by atoms with E-state index in [2.05, 4.69) is 44.0 Å². The van der Waals surface area contributed by atoms with E-state index in [0.29, 0.717) is 17.2 Å². The maximum Gasteiger partial charge on any atom is 0.0775 e. The van der Waals surface area contributed by atoms with E-state index in [0.717, 1.165) is 0 Å². The van der Waals surface area contributed by atoms with Crippen LogP contribution in [0.2, 0.25) is 0 Å². The summed E-state index contributed by atoms with van der Waals surface area (Å²) >= 11 is 1.83. The summed E-state index contributed by atoms with van der Waals surface area (Å²) in [5.74, 6) is 6.99. The van der Waals surface area contributed by atoms with Crippen LogP contribution in [0.25, 0.3) is 0 Å². The van der Waals surface area contributed by atoms with Crippen LogP contribution in [0.3, 0.4) is 0 Å². The molecule has 0 saturated carbocycles. The summed E-state index contributed by atoms with van der Waals surface area (Å²) in [5.41, 5.74) is 0. The fraction of sp³-hybridized carbons (Fsp3) is 0.778. The van der Waals surface area contributed by atoms with Crippen LogP contribution in [-0.2, 0) is 0 Å². The van der Waals surface area contributed by atoms with Crippen LogP contribution < -0.4 is 0 Å². The second-order valence-electron chi connectivity index (χ2n) is 3.11. The van der Waals surface area contributed by atoms with Gasteiger partial charge in [0, 0.05) is 12.0 Å². The summed E-state index contributed by atoms with van der Waals surface area (Å²) in [6.07, 6.45) is 0. The van der Waals surface area contributed by atoms with Crippen molar-refractivity contribution in [3.05, 3.63) is 0 Å². The molecule has 2 heteroatoms. The molecular formula is C9H15NS. The molecule has 0 spiro atoms. The number of hydrogen-bond donors (Lipinski definition) is 0. The molecule has 0 aromatic rings. The standard InChI is InChI=1S/C9H15NS/c1-7-5-6-8(2)11-10(4)9(7)3/h7-9H,1-4H3. The zero-order valence-corrected chi connectivity index (χ0v) is 8.40. The Labute approximate surface area is 73.7 Å². The minimum Gasteiger partial charge on any atom is -0.249 e. The molecule has 11 heavy (non-hydrogen) atoms. The van der Waals surface area contributed by atoms with Gasteiger partial charge in [-0.3, -0.25) is 0 Å². The first-order chi connectivity index (χ1) is 5.11. The molecule has 1 heterocycles. The van der Waals surface area contributed by atoms with Gasteiger partial charge in [-0.2, -0.15) is 0 Å². The molecule has 0 bridgehead atoms. The molecule has 0 aromatic heterocycles. The summed E-state index contributed by atoms with van der Waals surface area (Å²) in [4.78, 5) is 0. The first-order valence-electron chi connectivity index (χ1n) is 4.02. The molecule has 0 saturated heterocycles. The van der Waals surface area contributed by atoms with Crippen molar-refractivity contribution in [2.75, 3.05) is 7.05 Å². The second kappa shape index (κ2) is 3.51. The van der Waals surface area contributed by atoms with Crippen LogP contribution in [0.15, 0.2) is 0 Å². The molecule has 1 rings (SSSR count). The van der Waals surface area contributed by atoms with E-state index in [1.54, 1.807) is 0 Å². The van der Waals surface area contributed by atoms with Crippen LogP contribution >= 0.6 is 11.9 Å². The molecule has 0 aliphatic carbocycles. The lowest BCUT2D eigenvalue weighted by Gasteiger charge is -2.24. The summed E-state index contributed by atoms with van der Waals surface area (Å²) < 4.78 is 2.29. The molecule has 62 valence electrons. The molecule has 3 atom stereocenters. The molecule has 0 radical (unpaired) electrons. The molecule has 1 nitrogen and oxygen atoms in total. The lowest BCUT2D eigenvalue weighted by atomic mass is 10.1. The first kappa shape index (κ1) is 8.96. The molecule has 0 fully saturated rings. The van der Waals surface area contributed by atoms with Gasteiger partial charge >= 0.3 is 0 Å². The molecule has 0 N–H and O–H groups in total. The fourth-order valence-electron chi connectivity index (χ4n) is 1.06. The zero-order valence-electron chi connectivity index (χ0n) is 7.59. The van der Waals surface area contributed by atoms with E-state index in [-0.39, 0.29) is 0 Å². The molecule has 1 aliphatic heterocycles. The van der Waals surface area contributed by atoms with Crippen molar-refractivity contribution >= 4 is 11.9 Å². The first-order valence-corrected chi connectivity index (χ1v) is 4.85. The van der Waals surface area contributed by atoms with Crippen molar-refractivity contribution in [2.24, 2.45) is 5.92 Å². The Kier molecular flexibility index (Phi) is 2.86. The van der Waals surface area contributed by atoms with Crippen LogP contribution in [0.4, 0.5) is 0 Å². The highest BCUT2D eigenvalue weighted by Crippen LogP contribution is 2.23.